The molecule has 2 amide bonds. The van der Waals surface area contributed by atoms with E-state index in [-0.39, 0.29) is 23.3 Å². The number of aromatic amines is 1. The molecule has 0 bridgehead atoms. The van der Waals surface area contributed by atoms with Crippen LogP contribution in [0.3, 0.4) is 0 Å². The number of likely N-dealkylation sites (tertiary alicyclic amines) is 2. The SMILES string of the molecule is CC(C)(C)N1CC(C(=O)N2CCC(c3[nH]ncc3-c3ccccc3)CC2)CC1=O. The molecule has 1 atom stereocenters. The number of nitrogens with one attached hydrogen (secondary N) is 1. The molecule has 6 heteroatoms. The minimum absolute atomic E-state index is 0.0932. The van der Waals surface area contributed by atoms with Crippen molar-refractivity contribution in [2.24, 2.45) is 5.92 Å². The number of piperidine rings is 1. The van der Waals surface area contributed by atoms with Gasteiger partial charge in [-0.3, -0.25) is 14.7 Å². The van der Waals surface area contributed by atoms with Crippen molar-refractivity contribution in [3.63, 3.8) is 0 Å². The predicted molar refractivity (Wildman–Crippen MR) is 112 cm³/mol. The van der Waals surface area contributed by atoms with Gasteiger partial charge in [-0.2, -0.15) is 5.10 Å². The van der Waals surface area contributed by atoms with E-state index in [1.54, 1.807) is 0 Å². The van der Waals surface area contributed by atoms with Crippen LogP contribution in [0.4, 0.5) is 0 Å². The Kier molecular flexibility index (Phi) is 5.19. The topological polar surface area (TPSA) is 69.3 Å². The van der Waals surface area contributed by atoms with Crippen LogP contribution in [0.2, 0.25) is 0 Å². The van der Waals surface area contributed by atoms with Gasteiger partial charge in [-0.1, -0.05) is 30.3 Å². The van der Waals surface area contributed by atoms with E-state index in [9.17, 15) is 9.59 Å². The molecule has 1 N–H and O–H groups in total. The van der Waals surface area contributed by atoms with Crippen LogP contribution in [0.25, 0.3) is 11.1 Å². The highest BCUT2D eigenvalue weighted by Gasteiger charge is 2.41. The molecular weight excluding hydrogens is 364 g/mol. The molecule has 2 aliphatic heterocycles. The van der Waals surface area contributed by atoms with Crippen molar-refractivity contribution in [3.05, 3.63) is 42.2 Å². The van der Waals surface area contributed by atoms with Gasteiger partial charge in [0.25, 0.3) is 0 Å². The lowest BCUT2D eigenvalue weighted by atomic mass is 9.89. The second kappa shape index (κ2) is 7.65. The fourth-order valence-corrected chi connectivity index (χ4v) is 4.62. The van der Waals surface area contributed by atoms with Crippen LogP contribution in [0.5, 0.6) is 0 Å². The first-order valence-corrected chi connectivity index (χ1v) is 10.5. The Balaban J connectivity index is 1.39. The number of hydrogen-bond donors (Lipinski definition) is 1. The van der Waals surface area contributed by atoms with E-state index in [0.717, 1.165) is 31.5 Å². The molecule has 2 aliphatic rings. The molecule has 4 rings (SSSR count). The molecule has 2 aromatic rings. The fourth-order valence-electron chi connectivity index (χ4n) is 4.62. The van der Waals surface area contributed by atoms with E-state index in [4.69, 9.17) is 0 Å². The Hall–Kier alpha value is -2.63. The van der Waals surface area contributed by atoms with Crippen molar-refractivity contribution in [1.82, 2.24) is 20.0 Å². The number of nitrogens with zero attached hydrogens (tertiary/aromatic N) is 3. The Morgan fingerprint density at radius 1 is 1.14 bits per heavy atom. The smallest absolute Gasteiger partial charge is 0.227 e. The van der Waals surface area contributed by atoms with Gasteiger partial charge in [0.1, 0.15) is 0 Å². The number of hydrogen-bond acceptors (Lipinski definition) is 3. The lowest BCUT2D eigenvalue weighted by Gasteiger charge is -2.34. The summed E-state index contributed by atoms with van der Waals surface area (Å²) in [5.74, 6) is 0.394. The van der Waals surface area contributed by atoms with Gasteiger partial charge in [0.05, 0.1) is 12.1 Å². The molecule has 1 aromatic carbocycles. The summed E-state index contributed by atoms with van der Waals surface area (Å²) in [5.41, 5.74) is 3.26. The van der Waals surface area contributed by atoms with Crippen molar-refractivity contribution in [3.8, 4) is 11.1 Å². The molecule has 0 radical (unpaired) electrons. The maximum absolute atomic E-state index is 13.0. The summed E-state index contributed by atoms with van der Waals surface area (Å²) in [6.07, 6.45) is 4.07. The van der Waals surface area contributed by atoms with Gasteiger partial charge < -0.3 is 9.80 Å². The number of aromatic nitrogens is 2. The van der Waals surface area contributed by atoms with Crippen LogP contribution in [0.1, 0.15) is 51.6 Å². The molecule has 6 nitrogen and oxygen atoms in total. The molecule has 3 heterocycles. The summed E-state index contributed by atoms with van der Waals surface area (Å²) in [7, 11) is 0. The van der Waals surface area contributed by atoms with Gasteiger partial charge in [-0.05, 0) is 39.2 Å². The highest BCUT2D eigenvalue weighted by atomic mass is 16.2. The van der Waals surface area contributed by atoms with Gasteiger partial charge >= 0.3 is 0 Å². The third kappa shape index (κ3) is 3.93. The largest absolute Gasteiger partial charge is 0.342 e. The fraction of sp³-hybridized carbons (Fsp3) is 0.522. The van der Waals surface area contributed by atoms with Crippen LogP contribution in [0.15, 0.2) is 36.5 Å². The quantitative estimate of drug-likeness (QED) is 0.867. The molecule has 29 heavy (non-hydrogen) atoms. The van der Waals surface area contributed by atoms with E-state index >= 15 is 0 Å². The number of amides is 2. The molecule has 1 aromatic heterocycles. The standard InChI is InChI=1S/C23H30N4O2/c1-23(2,3)27-15-18(13-20(27)28)22(29)26-11-9-17(10-12-26)21-19(14-24-25-21)16-7-5-4-6-8-16/h4-8,14,17-18H,9-13,15H2,1-3H3,(H,24,25). The first-order valence-electron chi connectivity index (χ1n) is 10.5. The third-order valence-corrected chi connectivity index (χ3v) is 6.25. The van der Waals surface area contributed by atoms with Crippen LogP contribution in [-0.4, -0.2) is 57.0 Å². The zero-order chi connectivity index (χ0) is 20.6. The van der Waals surface area contributed by atoms with Crippen molar-refractivity contribution in [1.29, 1.82) is 0 Å². The average Bonchev–Trinajstić information content (AvgIpc) is 3.35. The maximum Gasteiger partial charge on any atom is 0.227 e. The maximum atomic E-state index is 13.0. The monoisotopic (exact) mass is 394 g/mol. The summed E-state index contributed by atoms with van der Waals surface area (Å²) < 4.78 is 0. The third-order valence-electron chi connectivity index (χ3n) is 6.25. The first-order chi connectivity index (χ1) is 13.8. The zero-order valence-corrected chi connectivity index (χ0v) is 17.5. The number of carbonyl (C=O) groups is 2. The molecule has 0 saturated carbocycles. The number of H-pyrrole nitrogens is 1. The van der Waals surface area contributed by atoms with Gasteiger partial charge in [0, 0.05) is 48.8 Å². The Morgan fingerprint density at radius 3 is 2.45 bits per heavy atom. The Morgan fingerprint density at radius 2 is 1.83 bits per heavy atom. The summed E-state index contributed by atoms with van der Waals surface area (Å²) in [6, 6.07) is 10.3. The van der Waals surface area contributed by atoms with Crippen LogP contribution in [-0.2, 0) is 9.59 Å². The first kappa shape index (κ1) is 19.7. The molecule has 154 valence electrons. The normalized spacial score (nSPS) is 21.1. The predicted octanol–water partition coefficient (Wildman–Crippen LogP) is 3.43. The van der Waals surface area contributed by atoms with Crippen molar-refractivity contribution < 1.29 is 9.59 Å². The second-order valence-corrected chi connectivity index (χ2v) is 9.24. The minimum Gasteiger partial charge on any atom is -0.342 e. The highest BCUT2D eigenvalue weighted by molar-refractivity contribution is 5.89. The lowest BCUT2D eigenvalue weighted by Crippen LogP contribution is -2.45. The van der Waals surface area contributed by atoms with Gasteiger partial charge in [0.15, 0.2) is 0 Å². The number of rotatable bonds is 3. The molecule has 2 saturated heterocycles. The van der Waals surface area contributed by atoms with E-state index in [0.29, 0.717) is 18.9 Å². The average molecular weight is 395 g/mol. The van der Waals surface area contributed by atoms with E-state index in [1.807, 2.05) is 55.0 Å². The summed E-state index contributed by atoms with van der Waals surface area (Å²) in [4.78, 5) is 29.2. The van der Waals surface area contributed by atoms with Crippen LogP contribution >= 0.6 is 0 Å². The molecule has 0 aliphatic carbocycles. The second-order valence-electron chi connectivity index (χ2n) is 9.24. The Labute approximate surface area is 172 Å². The number of benzene rings is 1. The summed E-state index contributed by atoms with van der Waals surface area (Å²) >= 11 is 0. The molecule has 1 unspecified atom stereocenters. The summed E-state index contributed by atoms with van der Waals surface area (Å²) in [5, 5.41) is 7.48. The van der Waals surface area contributed by atoms with Crippen molar-refractivity contribution >= 4 is 11.8 Å². The molecular formula is C23H30N4O2. The van der Waals surface area contributed by atoms with Crippen molar-refractivity contribution in [2.75, 3.05) is 19.6 Å². The zero-order valence-electron chi connectivity index (χ0n) is 17.5. The summed E-state index contributed by atoms with van der Waals surface area (Å²) in [6.45, 7) is 8.08. The van der Waals surface area contributed by atoms with Crippen LogP contribution < -0.4 is 0 Å². The highest BCUT2D eigenvalue weighted by Crippen LogP contribution is 2.35. The van der Waals surface area contributed by atoms with Gasteiger partial charge in [-0.25, -0.2) is 0 Å². The lowest BCUT2D eigenvalue weighted by molar-refractivity contribution is -0.136. The molecule has 0 spiro atoms. The van der Waals surface area contributed by atoms with Gasteiger partial charge in [0.2, 0.25) is 11.8 Å². The number of carbonyl (C=O) groups excluding carboxylic acids is 2. The van der Waals surface area contributed by atoms with E-state index in [1.165, 1.54) is 11.3 Å². The van der Waals surface area contributed by atoms with Gasteiger partial charge in [-0.15, -0.1) is 0 Å². The molecule has 2 fully saturated rings. The Bertz CT molecular complexity index is 876. The van der Waals surface area contributed by atoms with E-state index < -0.39 is 0 Å². The van der Waals surface area contributed by atoms with E-state index in [2.05, 4.69) is 22.3 Å². The van der Waals surface area contributed by atoms with Crippen molar-refractivity contribution in [2.45, 2.75) is 51.5 Å². The minimum atomic E-state index is -0.229. The van der Waals surface area contributed by atoms with Crippen LogP contribution in [0, 0.1) is 5.92 Å².